The Balaban J connectivity index is 2.04. The van der Waals surface area contributed by atoms with Crippen molar-refractivity contribution in [3.8, 4) is 0 Å². The Morgan fingerprint density at radius 2 is 2.25 bits per heavy atom. The summed E-state index contributed by atoms with van der Waals surface area (Å²) >= 11 is 5.90. The van der Waals surface area contributed by atoms with Crippen molar-refractivity contribution in [3.05, 3.63) is 39.4 Å². The van der Waals surface area contributed by atoms with Crippen LogP contribution in [0.15, 0.2) is 23.0 Å². The van der Waals surface area contributed by atoms with Gasteiger partial charge in [-0.05, 0) is 31.2 Å². The lowest BCUT2D eigenvalue weighted by Gasteiger charge is -2.05. The third kappa shape index (κ3) is 4.13. The summed E-state index contributed by atoms with van der Waals surface area (Å²) in [5, 5.41) is 4.25. The number of rotatable bonds is 6. The lowest BCUT2D eigenvalue weighted by Crippen LogP contribution is -2.21. The van der Waals surface area contributed by atoms with Crippen LogP contribution in [0.3, 0.4) is 0 Å². The van der Waals surface area contributed by atoms with Crippen LogP contribution in [0.5, 0.6) is 0 Å². The maximum atomic E-state index is 11.9. The smallest absolute Gasteiger partial charge is 0.258 e. The number of aromatic amines is 1. The number of hydrogen-bond donors (Lipinski definition) is 2. The predicted octanol–water partition coefficient (Wildman–Crippen LogP) is 1.43. The molecule has 0 aliphatic carbocycles. The Hall–Kier alpha value is -1.24. The molecule has 108 valence electrons. The summed E-state index contributed by atoms with van der Waals surface area (Å²) in [6, 6.07) is 5.01. The highest BCUT2D eigenvalue weighted by atomic mass is 35.5. The van der Waals surface area contributed by atoms with E-state index in [2.05, 4.69) is 15.3 Å². The van der Waals surface area contributed by atoms with Crippen molar-refractivity contribution in [2.45, 2.75) is 13.0 Å². The second-order valence-electron chi connectivity index (χ2n) is 4.48. The SMILES string of the molecule is CS(=O)CCCNCc1nc2cc(Cl)ccc2c(=O)[nH]1. The van der Waals surface area contributed by atoms with Gasteiger partial charge in [0.25, 0.3) is 5.56 Å². The van der Waals surface area contributed by atoms with Crippen LogP contribution in [0, 0.1) is 0 Å². The van der Waals surface area contributed by atoms with Crippen molar-refractivity contribution in [3.63, 3.8) is 0 Å². The molecule has 2 aromatic rings. The molecule has 1 aromatic carbocycles. The minimum absolute atomic E-state index is 0.168. The molecule has 7 heteroatoms. The van der Waals surface area contributed by atoms with Crippen LogP contribution >= 0.6 is 11.6 Å². The molecule has 0 fully saturated rings. The Labute approximate surface area is 124 Å². The maximum Gasteiger partial charge on any atom is 0.258 e. The van der Waals surface area contributed by atoms with E-state index in [0.717, 1.165) is 13.0 Å². The molecule has 1 atom stereocenters. The number of hydrogen-bond acceptors (Lipinski definition) is 4. The van der Waals surface area contributed by atoms with Gasteiger partial charge in [-0.2, -0.15) is 0 Å². The van der Waals surface area contributed by atoms with Crippen LogP contribution in [-0.4, -0.2) is 32.7 Å². The Morgan fingerprint density at radius 1 is 1.45 bits per heavy atom. The van der Waals surface area contributed by atoms with Crippen molar-refractivity contribution in [2.24, 2.45) is 0 Å². The summed E-state index contributed by atoms with van der Waals surface area (Å²) in [6.45, 7) is 1.20. The molecule has 0 bridgehead atoms. The predicted molar refractivity (Wildman–Crippen MR) is 82.6 cm³/mol. The molecule has 1 aromatic heterocycles. The molecular weight excluding hydrogens is 298 g/mol. The molecule has 0 spiro atoms. The van der Waals surface area contributed by atoms with Crippen LogP contribution in [-0.2, 0) is 17.3 Å². The van der Waals surface area contributed by atoms with Gasteiger partial charge in [0.05, 0.1) is 17.4 Å². The van der Waals surface area contributed by atoms with Crippen molar-refractivity contribution in [1.29, 1.82) is 0 Å². The van der Waals surface area contributed by atoms with Gasteiger partial charge >= 0.3 is 0 Å². The van der Waals surface area contributed by atoms with Crippen LogP contribution in [0.4, 0.5) is 0 Å². The lowest BCUT2D eigenvalue weighted by atomic mass is 10.2. The highest BCUT2D eigenvalue weighted by Gasteiger charge is 2.04. The second kappa shape index (κ2) is 6.97. The first kappa shape index (κ1) is 15.2. The Kier molecular flexibility index (Phi) is 5.28. The number of benzene rings is 1. The van der Waals surface area contributed by atoms with Gasteiger partial charge in [0, 0.05) is 27.8 Å². The fourth-order valence-electron chi connectivity index (χ4n) is 1.85. The number of nitrogens with zero attached hydrogens (tertiary/aromatic N) is 1. The number of fused-ring (bicyclic) bond motifs is 1. The number of H-pyrrole nitrogens is 1. The van der Waals surface area contributed by atoms with Gasteiger partial charge in [-0.3, -0.25) is 9.00 Å². The molecule has 0 amide bonds. The molecule has 20 heavy (non-hydrogen) atoms. The van der Waals surface area contributed by atoms with Gasteiger partial charge in [-0.1, -0.05) is 11.6 Å². The van der Waals surface area contributed by atoms with E-state index in [1.54, 1.807) is 24.5 Å². The Bertz CT molecular complexity index is 687. The molecule has 0 aliphatic heterocycles. The summed E-state index contributed by atoms with van der Waals surface area (Å²) in [6.07, 6.45) is 2.51. The van der Waals surface area contributed by atoms with Crippen molar-refractivity contribution in [1.82, 2.24) is 15.3 Å². The van der Waals surface area contributed by atoms with Gasteiger partial charge in [0.2, 0.25) is 0 Å². The standard InChI is InChI=1S/C13H16ClN3O2S/c1-20(19)6-2-5-15-8-12-16-11-7-9(14)3-4-10(11)13(18)17-12/h3-4,7,15H,2,5-6,8H2,1H3,(H,16,17,18). The minimum Gasteiger partial charge on any atom is -0.310 e. The average Bonchev–Trinajstić information content (AvgIpc) is 2.37. The monoisotopic (exact) mass is 313 g/mol. The van der Waals surface area contributed by atoms with E-state index in [9.17, 15) is 9.00 Å². The summed E-state index contributed by atoms with van der Waals surface area (Å²) in [4.78, 5) is 19.0. The molecular formula is C13H16ClN3O2S. The van der Waals surface area contributed by atoms with Crippen LogP contribution in [0.2, 0.25) is 5.02 Å². The quantitative estimate of drug-likeness (QED) is 0.791. The summed E-state index contributed by atoms with van der Waals surface area (Å²) in [5.74, 6) is 1.24. The maximum absolute atomic E-state index is 11.9. The van der Waals surface area contributed by atoms with Crippen molar-refractivity contribution < 1.29 is 4.21 Å². The molecule has 0 radical (unpaired) electrons. The summed E-state index contributed by atoms with van der Waals surface area (Å²) < 4.78 is 10.9. The first-order valence-corrected chi connectivity index (χ1v) is 8.36. The lowest BCUT2D eigenvalue weighted by molar-refractivity contribution is 0.645. The largest absolute Gasteiger partial charge is 0.310 e. The zero-order valence-electron chi connectivity index (χ0n) is 11.1. The third-order valence-electron chi connectivity index (χ3n) is 2.80. The van der Waals surface area contributed by atoms with Gasteiger partial charge in [0.1, 0.15) is 5.82 Å². The van der Waals surface area contributed by atoms with Crippen LogP contribution < -0.4 is 10.9 Å². The van der Waals surface area contributed by atoms with E-state index < -0.39 is 10.8 Å². The van der Waals surface area contributed by atoms with E-state index in [4.69, 9.17) is 11.6 Å². The zero-order valence-corrected chi connectivity index (χ0v) is 12.7. The van der Waals surface area contributed by atoms with Crippen molar-refractivity contribution >= 4 is 33.3 Å². The highest BCUT2D eigenvalue weighted by Crippen LogP contribution is 2.14. The second-order valence-corrected chi connectivity index (χ2v) is 6.47. The molecule has 1 heterocycles. The third-order valence-corrected chi connectivity index (χ3v) is 3.89. The van der Waals surface area contributed by atoms with E-state index >= 15 is 0 Å². The first-order chi connectivity index (χ1) is 9.56. The van der Waals surface area contributed by atoms with E-state index in [1.807, 2.05) is 0 Å². The van der Waals surface area contributed by atoms with E-state index in [1.165, 1.54) is 0 Å². The van der Waals surface area contributed by atoms with Gasteiger partial charge in [-0.25, -0.2) is 4.98 Å². The van der Waals surface area contributed by atoms with Crippen LogP contribution in [0.25, 0.3) is 10.9 Å². The molecule has 0 saturated heterocycles. The highest BCUT2D eigenvalue weighted by molar-refractivity contribution is 7.84. The average molecular weight is 314 g/mol. The molecule has 0 saturated carbocycles. The fourth-order valence-corrected chi connectivity index (χ4v) is 2.57. The first-order valence-electron chi connectivity index (χ1n) is 6.25. The molecule has 5 nitrogen and oxygen atoms in total. The summed E-state index contributed by atoms with van der Waals surface area (Å²) in [7, 11) is -0.767. The van der Waals surface area contributed by atoms with Gasteiger partial charge in [-0.15, -0.1) is 0 Å². The fraction of sp³-hybridized carbons (Fsp3) is 0.385. The van der Waals surface area contributed by atoms with Crippen molar-refractivity contribution in [2.75, 3.05) is 18.6 Å². The number of halogens is 1. The van der Waals surface area contributed by atoms with E-state index in [-0.39, 0.29) is 5.56 Å². The molecule has 2 rings (SSSR count). The normalized spacial score (nSPS) is 12.7. The Morgan fingerprint density at radius 3 is 3.00 bits per heavy atom. The van der Waals surface area contributed by atoms with Gasteiger partial charge < -0.3 is 10.3 Å². The zero-order chi connectivity index (χ0) is 14.5. The van der Waals surface area contributed by atoms with Crippen LogP contribution in [0.1, 0.15) is 12.2 Å². The van der Waals surface area contributed by atoms with Gasteiger partial charge in [0.15, 0.2) is 0 Å². The number of aromatic nitrogens is 2. The minimum atomic E-state index is -0.767. The van der Waals surface area contributed by atoms with E-state index in [0.29, 0.717) is 34.0 Å². The molecule has 1 unspecified atom stereocenters. The summed E-state index contributed by atoms with van der Waals surface area (Å²) in [5.41, 5.74) is 0.422. The molecule has 2 N–H and O–H groups in total. The topological polar surface area (TPSA) is 74.8 Å². The number of nitrogens with one attached hydrogen (secondary N) is 2. The molecule has 0 aliphatic rings.